The van der Waals surface area contributed by atoms with Crippen LogP contribution in [-0.4, -0.2) is 49.3 Å². The number of aliphatic imine (C=N–C) groups is 1. The van der Waals surface area contributed by atoms with Crippen LogP contribution in [0.3, 0.4) is 0 Å². The Morgan fingerprint density at radius 2 is 2.04 bits per heavy atom. The highest BCUT2D eigenvalue weighted by Crippen LogP contribution is 2.28. The molecule has 2 aromatic rings. The van der Waals surface area contributed by atoms with E-state index in [1.807, 2.05) is 19.1 Å². The number of rotatable bonds is 6. The second kappa shape index (κ2) is 9.55. The molecule has 0 aliphatic carbocycles. The van der Waals surface area contributed by atoms with Gasteiger partial charge in [-0.1, -0.05) is 30.3 Å². The van der Waals surface area contributed by atoms with Crippen LogP contribution in [0.1, 0.15) is 36.5 Å². The summed E-state index contributed by atoms with van der Waals surface area (Å²) in [5.74, 6) is 1.63. The Morgan fingerprint density at radius 3 is 2.71 bits per heavy atom. The highest BCUT2D eigenvalue weighted by molar-refractivity contribution is 5.80. The lowest BCUT2D eigenvalue weighted by Crippen LogP contribution is -2.40. The van der Waals surface area contributed by atoms with E-state index in [0.29, 0.717) is 5.92 Å². The van der Waals surface area contributed by atoms with Gasteiger partial charge in [0, 0.05) is 31.1 Å². The number of aliphatic hydroxyl groups excluding tert-OH is 1. The molecular weight excluding hydrogens is 357 g/mol. The summed E-state index contributed by atoms with van der Waals surface area (Å²) in [6.45, 7) is 4.61. The first-order valence-corrected chi connectivity index (χ1v) is 9.72. The van der Waals surface area contributed by atoms with E-state index < -0.39 is 11.9 Å². The minimum absolute atomic E-state index is 0.118. The fourth-order valence-corrected chi connectivity index (χ4v) is 3.54. The standard InChI is InChI=1S/C22H28FN3O2/c1-3-24-22(25-14-21(27)19-6-4-5-7-20(19)23)26-13-12-17(15-26)16-8-10-18(28-2)11-9-16/h4-11,17,21,27H,3,12-15H2,1-2H3,(H,24,25). The Bertz CT molecular complexity index is 795. The summed E-state index contributed by atoms with van der Waals surface area (Å²) in [5.41, 5.74) is 1.56. The summed E-state index contributed by atoms with van der Waals surface area (Å²) < 4.78 is 19.1. The lowest BCUT2D eigenvalue weighted by Gasteiger charge is -2.22. The molecule has 0 amide bonds. The third-order valence-corrected chi connectivity index (χ3v) is 5.09. The van der Waals surface area contributed by atoms with E-state index in [4.69, 9.17) is 4.74 Å². The SMILES string of the molecule is CCNC(=NCC(O)c1ccccc1F)N1CCC(c2ccc(OC)cc2)C1. The molecule has 6 heteroatoms. The van der Waals surface area contributed by atoms with E-state index in [1.165, 1.54) is 11.6 Å². The number of nitrogens with one attached hydrogen (secondary N) is 1. The van der Waals surface area contributed by atoms with Crippen LogP contribution in [0.25, 0.3) is 0 Å². The monoisotopic (exact) mass is 385 g/mol. The van der Waals surface area contributed by atoms with Crippen molar-refractivity contribution in [2.24, 2.45) is 4.99 Å². The molecular formula is C22H28FN3O2. The van der Waals surface area contributed by atoms with Gasteiger partial charge in [-0.15, -0.1) is 0 Å². The number of hydrogen-bond donors (Lipinski definition) is 2. The van der Waals surface area contributed by atoms with Gasteiger partial charge in [-0.2, -0.15) is 0 Å². The van der Waals surface area contributed by atoms with E-state index in [-0.39, 0.29) is 12.1 Å². The average molecular weight is 385 g/mol. The zero-order chi connectivity index (χ0) is 19.9. The van der Waals surface area contributed by atoms with Crippen LogP contribution in [0.4, 0.5) is 4.39 Å². The molecule has 1 saturated heterocycles. The van der Waals surface area contributed by atoms with Crippen LogP contribution in [0, 0.1) is 5.82 Å². The molecule has 2 N–H and O–H groups in total. The average Bonchev–Trinajstić information content (AvgIpc) is 3.21. The number of halogens is 1. The van der Waals surface area contributed by atoms with E-state index in [9.17, 15) is 9.50 Å². The number of benzene rings is 2. The molecule has 0 spiro atoms. The summed E-state index contributed by atoms with van der Waals surface area (Å²) in [6, 6.07) is 14.5. The van der Waals surface area contributed by atoms with Crippen molar-refractivity contribution in [3.05, 3.63) is 65.5 Å². The zero-order valence-corrected chi connectivity index (χ0v) is 16.4. The second-order valence-electron chi connectivity index (χ2n) is 6.94. The molecule has 0 bridgehead atoms. The van der Waals surface area contributed by atoms with Crippen molar-refractivity contribution in [3.8, 4) is 5.75 Å². The number of guanidine groups is 1. The van der Waals surface area contributed by atoms with Crippen LogP contribution in [0.5, 0.6) is 5.75 Å². The molecule has 150 valence electrons. The lowest BCUT2D eigenvalue weighted by atomic mass is 9.98. The van der Waals surface area contributed by atoms with Crippen molar-refractivity contribution in [3.63, 3.8) is 0 Å². The smallest absolute Gasteiger partial charge is 0.194 e. The highest BCUT2D eigenvalue weighted by atomic mass is 19.1. The zero-order valence-electron chi connectivity index (χ0n) is 16.4. The van der Waals surface area contributed by atoms with Crippen LogP contribution < -0.4 is 10.1 Å². The number of likely N-dealkylation sites (tertiary alicyclic amines) is 1. The summed E-state index contributed by atoms with van der Waals surface area (Å²) in [6.07, 6.45) is 0.0712. The molecule has 0 aromatic heterocycles. The highest BCUT2D eigenvalue weighted by Gasteiger charge is 2.26. The van der Waals surface area contributed by atoms with E-state index >= 15 is 0 Å². The Morgan fingerprint density at radius 1 is 1.29 bits per heavy atom. The topological polar surface area (TPSA) is 57.1 Å². The number of nitrogens with zero attached hydrogens (tertiary/aromatic N) is 2. The van der Waals surface area contributed by atoms with Gasteiger partial charge in [0.2, 0.25) is 0 Å². The largest absolute Gasteiger partial charge is 0.497 e. The summed E-state index contributed by atoms with van der Waals surface area (Å²) in [7, 11) is 1.67. The first-order chi connectivity index (χ1) is 13.6. The predicted molar refractivity (Wildman–Crippen MR) is 109 cm³/mol. The van der Waals surface area contributed by atoms with Gasteiger partial charge in [0.25, 0.3) is 0 Å². The Balaban J connectivity index is 1.66. The van der Waals surface area contributed by atoms with Gasteiger partial charge in [0.15, 0.2) is 5.96 Å². The van der Waals surface area contributed by atoms with Crippen molar-refractivity contribution in [2.75, 3.05) is 33.3 Å². The molecule has 1 aliphatic rings. The minimum atomic E-state index is -0.963. The number of methoxy groups -OCH3 is 1. The predicted octanol–water partition coefficient (Wildman–Crippen LogP) is 3.32. The third-order valence-electron chi connectivity index (χ3n) is 5.09. The van der Waals surface area contributed by atoms with Crippen LogP contribution in [-0.2, 0) is 0 Å². The third kappa shape index (κ3) is 4.81. The van der Waals surface area contributed by atoms with Gasteiger partial charge in [-0.3, -0.25) is 4.99 Å². The molecule has 2 unspecified atom stereocenters. The van der Waals surface area contributed by atoms with Gasteiger partial charge in [0.05, 0.1) is 13.7 Å². The van der Waals surface area contributed by atoms with Gasteiger partial charge in [-0.25, -0.2) is 4.39 Å². The van der Waals surface area contributed by atoms with Crippen molar-refractivity contribution in [1.82, 2.24) is 10.2 Å². The van der Waals surface area contributed by atoms with Gasteiger partial charge in [-0.05, 0) is 37.1 Å². The molecule has 0 saturated carbocycles. The van der Waals surface area contributed by atoms with E-state index in [0.717, 1.165) is 37.8 Å². The first kappa shape index (κ1) is 20.1. The Hall–Kier alpha value is -2.60. The molecule has 5 nitrogen and oxygen atoms in total. The summed E-state index contributed by atoms with van der Waals surface area (Å²) in [5, 5.41) is 13.6. The summed E-state index contributed by atoms with van der Waals surface area (Å²) >= 11 is 0. The number of aliphatic hydroxyl groups is 1. The minimum Gasteiger partial charge on any atom is -0.497 e. The fourth-order valence-electron chi connectivity index (χ4n) is 3.54. The maximum absolute atomic E-state index is 13.9. The van der Waals surface area contributed by atoms with Crippen LogP contribution in [0.15, 0.2) is 53.5 Å². The van der Waals surface area contributed by atoms with Gasteiger partial charge < -0.3 is 20.1 Å². The van der Waals surface area contributed by atoms with Crippen molar-refractivity contribution in [1.29, 1.82) is 0 Å². The van der Waals surface area contributed by atoms with E-state index in [2.05, 4.69) is 27.3 Å². The lowest BCUT2D eigenvalue weighted by molar-refractivity contribution is 0.181. The maximum Gasteiger partial charge on any atom is 0.194 e. The number of ether oxygens (including phenoxy) is 1. The quantitative estimate of drug-likeness (QED) is 0.592. The molecule has 2 atom stereocenters. The normalized spacial score (nSPS) is 18.2. The van der Waals surface area contributed by atoms with Crippen LogP contribution >= 0.6 is 0 Å². The first-order valence-electron chi connectivity index (χ1n) is 9.72. The second-order valence-corrected chi connectivity index (χ2v) is 6.94. The van der Waals surface area contributed by atoms with Crippen molar-refractivity contribution in [2.45, 2.75) is 25.4 Å². The molecule has 28 heavy (non-hydrogen) atoms. The maximum atomic E-state index is 13.9. The Kier molecular flexibility index (Phi) is 6.87. The van der Waals surface area contributed by atoms with Crippen molar-refractivity contribution < 1.29 is 14.2 Å². The van der Waals surface area contributed by atoms with Gasteiger partial charge in [0.1, 0.15) is 17.7 Å². The molecule has 1 heterocycles. The Labute approximate surface area is 165 Å². The molecule has 3 rings (SSSR count). The molecule has 1 aliphatic heterocycles. The summed E-state index contributed by atoms with van der Waals surface area (Å²) in [4.78, 5) is 6.76. The molecule has 1 fully saturated rings. The van der Waals surface area contributed by atoms with Crippen LogP contribution in [0.2, 0.25) is 0 Å². The van der Waals surface area contributed by atoms with Gasteiger partial charge >= 0.3 is 0 Å². The fraction of sp³-hybridized carbons (Fsp3) is 0.409. The molecule has 2 aromatic carbocycles. The van der Waals surface area contributed by atoms with E-state index in [1.54, 1.807) is 25.3 Å². The molecule has 0 radical (unpaired) electrons. The number of hydrogen-bond acceptors (Lipinski definition) is 3. The van der Waals surface area contributed by atoms with Crippen molar-refractivity contribution >= 4 is 5.96 Å².